The molecule has 0 atom stereocenters. The molecule has 5 heteroatoms. The van der Waals surface area contributed by atoms with E-state index in [0.717, 1.165) is 41.7 Å². The lowest BCUT2D eigenvalue weighted by Gasteiger charge is -2.21. The van der Waals surface area contributed by atoms with Crippen molar-refractivity contribution in [1.82, 2.24) is 8.86 Å². The zero-order valence-electron chi connectivity index (χ0n) is 14.6. The number of carbonyl (C=O) groups excluding carboxylic acids is 1. The van der Waals surface area contributed by atoms with E-state index in [2.05, 4.69) is 13.8 Å². The van der Waals surface area contributed by atoms with Crippen molar-refractivity contribution in [2.75, 3.05) is 13.1 Å². The summed E-state index contributed by atoms with van der Waals surface area (Å²) in [5.74, 6) is 0.0546. The zero-order chi connectivity index (χ0) is 17.8. The van der Waals surface area contributed by atoms with Crippen LogP contribution in [0.3, 0.4) is 0 Å². The van der Waals surface area contributed by atoms with E-state index in [1.165, 1.54) is 11.5 Å². The third kappa shape index (κ3) is 3.51. The van der Waals surface area contributed by atoms with E-state index in [1.54, 1.807) is 3.96 Å². The summed E-state index contributed by atoms with van der Waals surface area (Å²) in [5.41, 5.74) is 1.44. The molecule has 130 valence electrons. The molecule has 1 aromatic heterocycles. The lowest BCUT2D eigenvalue weighted by Crippen LogP contribution is -2.32. The summed E-state index contributed by atoms with van der Waals surface area (Å²) in [6.07, 6.45) is 1.89. The van der Waals surface area contributed by atoms with Gasteiger partial charge in [-0.2, -0.15) is 0 Å². The van der Waals surface area contributed by atoms with Gasteiger partial charge in [0.2, 0.25) is 0 Å². The minimum absolute atomic E-state index is 0.0155. The lowest BCUT2D eigenvalue weighted by molar-refractivity contribution is 0.0755. The van der Waals surface area contributed by atoms with Crippen molar-refractivity contribution < 1.29 is 4.79 Å². The van der Waals surface area contributed by atoms with Crippen molar-refractivity contribution in [3.8, 4) is 5.69 Å². The first-order chi connectivity index (χ1) is 12.2. The highest BCUT2D eigenvalue weighted by molar-refractivity contribution is 7.14. The molecule has 0 aliphatic carbocycles. The number of hydrogen-bond donors (Lipinski definition) is 0. The molecular formula is C20H22N2O2S. The maximum absolute atomic E-state index is 12.6. The second-order valence-electron chi connectivity index (χ2n) is 6.03. The summed E-state index contributed by atoms with van der Waals surface area (Å²) in [7, 11) is 0. The fourth-order valence-electron chi connectivity index (χ4n) is 2.92. The van der Waals surface area contributed by atoms with Crippen LogP contribution in [0.4, 0.5) is 0 Å². The van der Waals surface area contributed by atoms with Gasteiger partial charge in [0.25, 0.3) is 11.5 Å². The number of rotatable bonds is 6. The van der Waals surface area contributed by atoms with E-state index in [1.807, 2.05) is 53.4 Å². The smallest absolute Gasteiger partial charge is 0.273 e. The van der Waals surface area contributed by atoms with Gasteiger partial charge in [0, 0.05) is 18.7 Å². The summed E-state index contributed by atoms with van der Waals surface area (Å²) in [6.45, 7) is 5.69. The molecule has 3 aromatic rings. The van der Waals surface area contributed by atoms with Crippen molar-refractivity contribution >= 4 is 27.5 Å². The molecule has 0 saturated heterocycles. The van der Waals surface area contributed by atoms with Crippen molar-refractivity contribution in [1.29, 1.82) is 0 Å². The average Bonchev–Trinajstić information content (AvgIpc) is 2.98. The summed E-state index contributed by atoms with van der Waals surface area (Å²) >= 11 is 1.42. The summed E-state index contributed by atoms with van der Waals surface area (Å²) < 4.78 is 2.64. The van der Waals surface area contributed by atoms with Gasteiger partial charge in [-0.05, 0) is 49.2 Å². The lowest BCUT2D eigenvalue weighted by atomic mass is 10.1. The second-order valence-corrected chi connectivity index (χ2v) is 7.01. The standard InChI is InChI=1S/C20H22N2O2S/c1-3-13-21(14-4-2)19(23)15-9-11-16(12-10-15)22-20(24)17-7-5-6-8-18(17)25-22/h5-12H,3-4,13-14H2,1-2H3. The van der Waals surface area contributed by atoms with Crippen molar-refractivity contribution in [3.63, 3.8) is 0 Å². The molecule has 0 saturated carbocycles. The first-order valence-electron chi connectivity index (χ1n) is 8.66. The van der Waals surface area contributed by atoms with Crippen LogP contribution in [0.5, 0.6) is 0 Å². The maximum Gasteiger partial charge on any atom is 0.273 e. The Morgan fingerprint density at radius 2 is 1.64 bits per heavy atom. The van der Waals surface area contributed by atoms with Crippen LogP contribution >= 0.6 is 11.5 Å². The largest absolute Gasteiger partial charge is 0.339 e. The average molecular weight is 354 g/mol. The second kappa shape index (κ2) is 7.66. The molecule has 0 aliphatic heterocycles. The van der Waals surface area contributed by atoms with Gasteiger partial charge in [-0.25, -0.2) is 3.96 Å². The number of carbonyl (C=O) groups is 1. The predicted molar refractivity (Wildman–Crippen MR) is 104 cm³/mol. The highest BCUT2D eigenvalue weighted by Crippen LogP contribution is 2.20. The van der Waals surface area contributed by atoms with Gasteiger partial charge in [0.05, 0.1) is 15.8 Å². The third-order valence-electron chi connectivity index (χ3n) is 4.11. The number of benzene rings is 2. The fourth-order valence-corrected chi connectivity index (χ4v) is 3.92. The van der Waals surface area contributed by atoms with Crippen molar-refractivity contribution in [3.05, 3.63) is 64.4 Å². The minimum Gasteiger partial charge on any atom is -0.339 e. The molecule has 3 rings (SSSR count). The Morgan fingerprint density at radius 1 is 1.00 bits per heavy atom. The molecule has 0 unspecified atom stereocenters. The molecule has 2 aromatic carbocycles. The van der Waals surface area contributed by atoms with Crippen molar-refractivity contribution in [2.45, 2.75) is 26.7 Å². The number of amides is 1. The monoisotopic (exact) mass is 354 g/mol. The van der Waals surface area contributed by atoms with E-state index in [9.17, 15) is 9.59 Å². The number of fused-ring (bicyclic) bond motifs is 1. The molecule has 25 heavy (non-hydrogen) atoms. The van der Waals surface area contributed by atoms with E-state index < -0.39 is 0 Å². The van der Waals surface area contributed by atoms with Gasteiger partial charge in [0.1, 0.15) is 0 Å². The maximum atomic E-state index is 12.6. The highest BCUT2D eigenvalue weighted by Gasteiger charge is 2.15. The van der Waals surface area contributed by atoms with Crippen LogP contribution in [0.2, 0.25) is 0 Å². The molecular weight excluding hydrogens is 332 g/mol. The molecule has 0 N–H and O–H groups in total. The quantitative estimate of drug-likeness (QED) is 0.662. The third-order valence-corrected chi connectivity index (χ3v) is 5.23. The molecule has 0 spiro atoms. The van der Waals surface area contributed by atoms with Crippen molar-refractivity contribution in [2.24, 2.45) is 0 Å². The number of aromatic nitrogens is 1. The molecule has 0 radical (unpaired) electrons. The van der Waals surface area contributed by atoms with Crippen LogP contribution in [0, 0.1) is 0 Å². The zero-order valence-corrected chi connectivity index (χ0v) is 15.4. The van der Waals surface area contributed by atoms with Crippen LogP contribution < -0.4 is 5.56 Å². The number of hydrogen-bond acceptors (Lipinski definition) is 3. The van der Waals surface area contributed by atoms with Crippen LogP contribution in [-0.4, -0.2) is 27.9 Å². The van der Waals surface area contributed by atoms with Gasteiger partial charge < -0.3 is 4.90 Å². The summed E-state index contributed by atoms with van der Waals surface area (Å²) in [6, 6.07) is 14.9. The fraction of sp³-hybridized carbons (Fsp3) is 0.300. The van der Waals surface area contributed by atoms with Gasteiger partial charge in [-0.3, -0.25) is 9.59 Å². The van der Waals surface area contributed by atoms with E-state index >= 15 is 0 Å². The van der Waals surface area contributed by atoms with Crippen LogP contribution in [0.1, 0.15) is 37.0 Å². The molecule has 0 aliphatic rings. The number of nitrogens with zero attached hydrogens (tertiary/aromatic N) is 2. The first kappa shape index (κ1) is 17.4. The predicted octanol–water partition coefficient (Wildman–Crippen LogP) is 4.31. The highest BCUT2D eigenvalue weighted by atomic mass is 32.1. The van der Waals surface area contributed by atoms with Gasteiger partial charge in [0.15, 0.2) is 0 Å². The Hall–Kier alpha value is -2.40. The summed E-state index contributed by atoms with van der Waals surface area (Å²) in [4.78, 5) is 27.1. The van der Waals surface area contributed by atoms with Gasteiger partial charge >= 0.3 is 0 Å². The van der Waals surface area contributed by atoms with E-state index in [4.69, 9.17) is 0 Å². The Balaban J connectivity index is 1.90. The summed E-state index contributed by atoms with van der Waals surface area (Å²) in [5, 5.41) is 0.727. The van der Waals surface area contributed by atoms with E-state index in [0.29, 0.717) is 5.56 Å². The van der Waals surface area contributed by atoms with Gasteiger partial charge in [-0.15, -0.1) is 0 Å². The molecule has 0 bridgehead atoms. The first-order valence-corrected chi connectivity index (χ1v) is 9.43. The van der Waals surface area contributed by atoms with E-state index in [-0.39, 0.29) is 11.5 Å². The topological polar surface area (TPSA) is 42.3 Å². The SMILES string of the molecule is CCCN(CCC)C(=O)c1ccc(-n2sc3ccccc3c2=O)cc1. The van der Waals surface area contributed by atoms with Gasteiger partial charge in [-0.1, -0.05) is 37.5 Å². The molecule has 1 heterocycles. The Kier molecular flexibility index (Phi) is 5.34. The molecule has 4 nitrogen and oxygen atoms in total. The normalized spacial score (nSPS) is 11.0. The minimum atomic E-state index is -0.0155. The van der Waals surface area contributed by atoms with Crippen LogP contribution in [0.25, 0.3) is 15.8 Å². The Bertz CT molecular complexity index is 919. The molecule has 0 fully saturated rings. The Labute approximate surface area is 151 Å². The van der Waals surface area contributed by atoms with Crippen LogP contribution in [0.15, 0.2) is 53.3 Å². The Morgan fingerprint density at radius 3 is 2.24 bits per heavy atom. The van der Waals surface area contributed by atoms with Crippen LogP contribution in [-0.2, 0) is 0 Å². The molecule has 1 amide bonds.